The summed E-state index contributed by atoms with van der Waals surface area (Å²) in [7, 11) is 0. The molecule has 0 aromatic heterocycles. The molecule has 2 N–H and O–H groups in total. The van der Waals surface area contributed by atoms with Gasteiger partial charge in [-0.2, -0.15) is 0 Å². The Morgan fingerprint density at radius 1 is 0.714 bits per heavy atom. The van der Waals surface area contributed by atoms with Crippen LogP contribution >= 0.6 is 0 Å². The lowest BCUT2D eigenvalue weighted by Crippen LogP contribution is -2.50. The predicted octanol–water partition coefficient (Wildman–Crippen LogP) is 5.27. The molecule has 0 amide bonds. The van der Waals surface area contributed by atoms with Gasteiger partial charge in [0.1, 0.15) is 5.60 Å². The van der Waals surface area contributed by atoms with Gasteiger partial charge in [-0.3, -0.25) is 0 Å². The van der Waals surface area contributed by atoms with E-state index in [-0.39, 0.29) is 12.0 Å². The summed E-state index contributed by atoms with van der Waals surface area (Å²) in [4.78, 5) is 0. The van der Waals surface area contributed by atoms with Gasteiger partial charge >= 0.3 is 0 Å². The summed E-state index contributed by atoms with van der Waals surface area (Å²) in [6, 6.07) is 31.2. The van der Waals surface area contributed by atoms with Gasteiger partial charge in [-0.1, -0.05) is 104 Å². The first-order valence-corrected chi connectivity index (χ1v) is 10.4. The fourth-order valence-corrected chi connectivity index (χ4v) is 4.70. The Bertz CT molecular complexity index is 808. The van der Waals surface area contributed by atoms with E-state index in [9.17, 15) is 5.11 Å². The average Bonchev–Trinajstić information content (AvgIpc) is 2.79. The second-order valence-electron chi connectivity index (χ2n) is 7.86. The van der Waals surface area contributed by atoms with Crippen LogP contribution in [0.15, 0.2) is 91.0 Å². The van der Waals surface area contributed by atoms with Gasteiger partial charge in [0.05, 0.1) is 0 Å². The van der Waals surface area contributed by atoms with Gasteiger partial charge in [-0.15, -0.1) is 0 Å². The van der Waals surface area contributed by atoms with Crippen molar-refractivity contribution in [1.29, 1.82) is 0 Å². The Hall–Kier alpha value is -2.42. The number of benzene rings is 3. The van der Waals surface area contributed by atoms with Crippen molar-refractivity contribution in [3.8, 4) is 0 Å². The highest BCUT2D eigenvalue weighted by atomic mass is 16.3. The minimum atomic E-state index is -0.989. The molecule has 0 heterocycles. The molecule has 28 heavy (non-hydrogen) atoms. The van der Waals surface area contributed by atoms with Crippen LogP contribution in [0.1, 0.15) is 42.4 Å². The van der Waals surface area contributed by atoms with E-state index >= 15 is 0 Å². The molecular weight excluding hydrogens is 342 g/mol. The number of nitrogens with one attached hydrogen (secondary N) is 1. The molecule has 3 aromatic rings. The highest BCUT2D eigenvalue weighted by Gasteiger charge is 2.44. The fourth-order valence-electron chi connectivity index (χ4n) is 4.70. The van der Waals surface area contributed by atoms with Gasteiger partial charge in [-0.05, 0) is 29.5 Å². The summed E-state index contributed by atoms with van der Waals surface area (Å²) in [6.45, 7) is 0.835. The molecule has 2 nitrogen and oxygen atoms in total. The summed E-state index contributed by atoms with van der Waals surface area (Å²) in [6.07, 6.45) is 4.49. The SMILES string of the molecule is OC(c1ccccc1)(c1ccccc1)[C@@H]1CCCC[C@@H]1NCc1ccccc1. The molecule has 1 saturated carbocycles. The van der Waals surface area contributed by atoms with E-state index in [0.717, 1.165) is 36.9 Å². The van der Waals surface area contributed by atoms with Crippen LogP contribution in [0.4, 0.5) is 0 Å². The topological polar surface area (TPSA) is 32.3 Å². The van der Waals surface area contributed by atoms with E-state index in [1.165, 1.54) is 12.0 Å². The quantitative estimate of drug-likeness (QED) is 0.618. The lowest BCUT2D eigenvalue weighted by Gasteiger charge is -2.44. The predicted molar refractivity (Wildman–Crippen MR) is 115 cm³/mol. The van der Waals surface area contributed by atoms with E-state index < -0.39 is 5.60 Å². The Kier molecular flexibility index (Phi) is 5.90. The number of rotatable bonds is 6. The summed E-state index contributed by atoms with van der Waals surface area (Å²) in [5.74, 6) is 0.134. The Morgan fingerprint density at radius 3 is 1.79 bits per heavy atom. The van der Waals surface area contributed by atoms with Crippen molar-refractivity contribution in [3.63, 3.8) is 0 Å². The van der Waals surface area contributed by atoms with Crippen molar-refractivity contribution in [2.24, 2.45) is 5.92 Å². The van der Waals surface area contributed by atoms with Crippen LogP contribution in [0.5, 0.6) is 0 Å². The number of hydrogen-bond acceptors (Lipinski definition) is 2. The minimum Gasteiger partial charge on any atom is -0.380 e. The molecule has 0 radical (unpaired) electrons. The van der Waals surface area contributed by atoms with Gasteiger partial charge in [0, 0.05) is 18.5 Å². The molecule has 0 saturated heterocycles. The molecule has 1 aliphatic rings. The Balaban J connectivity index is 1.67. The van der Waals surface area contributed by atoms with Gasteiger partial charge in [0.25, 0.3) is 0 Å². The van der Waals surface area contributed by atoms with Crippen molar-refractivity contribution in [2.45, 2.75) is 43.9 Å². The maximum atomic E-state index is 12.2. The molecule has 3 aromatic carbocycles. The lowest BCUT2D eigenvalue weighted by atomic mass is 9.67. The van der Waals surface area contributed by atoms with Crippen molar-refractivity contribution in [3.05, 3.63) is 108 Å². The summed E-state index contributed by atoms with van der Waals surface area (Å²) in [5.41, 5.74) is 2.27. The maximum Gasteiger partial charge on any atom is 0.119 e. The highest BCUT2D eigenvalue weighted by molar-refractivity contribution is 5.37. The van der Waals surface area contributed by atoms with Crippen LogP contribution in [0.2, 0.25) is 0 Å². The summed E-state index contributed by atoms with van der Waals surface area (Å²) < 4.78 is 0. The third-order valence-corrected chi connectivity index (χ3v) is 6.14. The van der Waals surface area contributed by atoms with Gasteiger partial charge in [-0.25, -0.2) is 0 Å². The molecule has 2 atom stereocenters. The molecule has 2 heteroatoms. The number of aliphatic hydroxyl groups is 1. The van der Waals surface area contributed by atoms with E-state index in [1.54, 1.807) is 0 Å². The van der Waals surface area contributed by atoms with Gasteiger partial charge < -0.3 is 10.4 Å². The zero-order chi connectivity index (χ0) is 19.2. The highest BCUT2D eigenvalue weighted by Crippen LogP contribution is 2.44. The van der Waals surface area contributed by atoms with Crippen molar-refractivity contribution in [1.82, 2.24) is 5.32 Å². The molecule has 0 unspecified atom stereocenters. The summed E-state index contributed by atoms with van der Waals surface area (Å²) >= 11 is 0. The zero-order valence-corrected chi connectivity index (χ0v) is 16.3. The van der Waals surface area contributed by atoms with Crippen LogP contribution in [0.25, 0.3) is 0 Å². The zero-order valence-electron chi connectivity index (χ0n) is 16.3. The minimum absolute atomic E-state index is 0.134. The van der Waals surface area contributed by atoms with E-state index in [2.05, 4.69) is 59.9 Å². The van der Waals surface area contributed by atoms with E-state index in [1.807, 2.05) is 36.4 Å². The van der Waals surface area contributed by atoms with Crippen LogP contribution < -0.4 is 5.32 Å². The molecule has 0 spiro atoms. The Labute approximate surface area is 168 Å². The maximum absolute atomic E-state index is 12.2. The molecule has 4 rings (SSSR count). The third kappa shape index (κ3) is 3.89. The van der Waals surface area contributed by atoms with Crippen LogP contribution in [0, 0.1) is 5.92 Å². The van der Waals surface area contributed by atoms with Crippen LogP contribution in [0.3, 0.4) is 0 Å². The second kappa shape index (κ2) is 8.72. The van der Waals surface area contributed by atoms with Crippen molar-refractivity contribution < 1.29 is 5.11 Å². The first kappa shape index (κ1) is 18.9. The molecule has 0 aliphatic heterocycles. The van der Waals surface area contributed by atoms with Crippen molar-refractivity contribution >= 4 is 0 Å². The van der Waals surface area contributed by atoms with E-state index in [0.29, 0.717) is 0 Å². The van der Waals surface area contributed by atoms with Gasteiger partial charge in [0.15, 0.2) is 0 Å². The van der Waals surface area contributed by atoms with E-state index in [4.69, 9.17) is 0 Å². The largest absolute Gasteiger partial charge is 0.380 e. The molecule has 1 aliphatic carbocycles. The summed E-state index contributed by atoms with van der Waals surface area (Å²) in [5, 5.41) is 16.0. The second-order valence-corrected chi connectivity index (χ2v) is 7.86. The smallest absolute Gasteiger partial charge is 0.119 e. The molecular formula is C26H29NO. The normalized spacial score (nSPS) is 20.0. The van der Waals surface area contributed by atoms with Gasteiger partial charge in [0.2, 0.25) is 0 Å². The first-order chi connectivity index (χ1) is 13.8. The average molecular weight is 372 g/mol. The van der Waals surface area contributed by atoms with Crippen LogP contribution in [-0.2, 0) is 12.1 Å². The lowest BCUT2D eigenvalue weighted by molar-refractivity contribution is -0.0173. The standard InChI is InChI=1S/C26H29NO/c28-26(22-14-6-2-7-15-22,23-16-8-3-9-17-23)24-18-10-11-19-25(24)27-20-21-12-4-1-5-13-21/h1-9,12-17,24-25,27-28H,10-11,18-20H2/t24-,25+/m1/s1. The Morgan fingerprint density at radius 2 is 1.21 bits per heavy atom. The molecule has 0 bridgehead atoms. The number of hydrogen-bond donors (Lipinski definition) is 2. The molecule has 144 valence electrons. The third-order valence-electron chi connectivity index (χ3n) is 6.14. The fraction of sp³-hybridized carbons (Fsp3) is 0.308. The van der Waals surface area contributed by atoms with Crippen LogP contribution in [-0.4, -0.2) is 11.1 Å². The van der Waals surface area contributed by atoms with Crippen molar-refractivity contribution in [2.75, 3.05) is 0 Å². The first-order valence-electron chi connectivity index (χ1n) is 10.4. The molecule has 1 fully saturated rings. The monoisotopic (exact) mass is 371 g/mol.